The number of ether oxygens (including phenoxy) is 2. The third-order valence-corrected chi connectivity index (χ3v) is 4.82. The van der Waals surface area contributed by atoms with E-state index in [0.717, 1.165) is 6.42 Å². The highest BCUT2D eigenvalue weighted by Gasteiger charge is 2.11. The van der Waals surface area contributed by atoms with Gasteiger partial charge in [0.15, 0.2) is 11.5 Å². The number of hydrazone groups is 1. The maximum atomic E-state index is 12.1. The Morgan fingerprint density at radius 3 is 2.50 bits per heavy atom. The van der Waals surface area contributed by atoms with E-state index in [9.17, 15) is 8.42 Å². The summed E-state index contributed by atoms with van der Waals surface area (Å²) in [4.78, 5) is 2.35. The van der Waals surface area contributed by atoms with Crippen LogP contribution in [0, 0.1) is 5.92 Å². The molecule has 140 valence electrons. The summed E-state index contributed by atoms with van der Waals surface area (Å²) in [6, 6.07) is 13.4. The number of nitrogens with one attached hydrogen (secondary N) is 1. The lowest BCUT2D eigenvalue weighted by Gasteiger charge is -2.12. The van der Waals surface area contributed by atoms with Gasteiger partial charge in [0.05, 0.1) is 24.8 Å². The lowest BCUT2D eigenvalue weighted by molar-refractivity contribution is 0.273. The van der Waals surface area contributed by atoms with E-state index in [1.54, 1.807) is 43.5 Å². The summed E-state index contributed by atoms with van der Waals surface area (Å²) in [6.07, 6.45) is 2.37. The fourth-order valence-electron chi connectivity index (χ4n) is 2.11. The van der Waals surface area contributed by atoms with Crippen molar-refractivity contribution in [1.82, 2.24) is 4.83 Å². The maximum absolute atomic E-state index is 12.1. The Hall–Kier alpha value is -2.54. The number of benzene rings is 2. The average molecular weight is 376 g/mol. The molecule has 0 amide bonds. The molecule has 0 bridgehead atoms. The minimum atomic E-state index is -3.68. The van der Waals surface area contributed by atoms with Crippen molar-refractivity contribution in [1.29, 1.82) is 0 Å². The minimum Gasteiger partial charge on any atom is -0.493 e. The first-order valence-corrected chi connectivity index (χ1v) is 9.81. The normalized spacial score (nSPS) is 11.7. The number of methoxy groups -OCH3 is 1. The highest BCUT2D eigenvalue weighted by molar-refractivity contribution is 7.89. The van der Waals surface area contributed by atoms with Crippen LogP contribution in [-0.4, -0.2) is 28.3 Å². The zero-order chi connectivity index (χ0) is 19.0. The predicted octanol–water partition coefficient (Wildman–Crippen LogP) is 3.43. The summed E-state index contributed by atoms with van der Waals surface area (Å²) in [5.74, 6) is 1.78. The van der Waals surface area contributed by atoms with Crippen LogP contribution in [0.1, 0.15) is 25.8 Å². The molecule has 2 aromatic carbocycles. The molecule has 0 spiro atoms. The molecule has 0 aliphatic carbocycles. The molecule has 0 saturated heterocycles. The van der Waals surface area contributed by atoms with Crippen LogP contribution >= 0.6 is 0 Å². The van der Waals surface area contributed by atoms with E-state index in [-0.39, 0.29) is 4.90 Å². The van der Waals surface area contributed by atoms with Gasteiger partial charge in [-0.3, -0.25) is 0 Å². The third kappa shape index (κ3) is 5.77. The first-order valence-electron chi connectivity index (χ1n) is 8.33. The average Bonchev–Trinajstić information content (AvgIpc) is 2.63. The molecule has 2 aromatic rings. The van der Waals surface area contributed by atoms with Crippen molar-refractivity contribution < 1.29 is 17.9 Å². The van der Waals surface area contributed by atoms with Crippen LogP contribution in [-0.2, 0) is 10.0 Å². The van der Waals surface area contributed by atoms with Gasteiger partial charge in [-0.25, -0.2) is 4.83 Å². The Morgan fingerprint density at radius 1 is 1.12 bits per heavy atom. The highest BCUT2D eigenvalue weighted by atomic mass is 32.2. The number of nitrogens with zero attached hydrogens (tertiary/aromatic N) is 1. The second kappa shape index (κ2) is 9.24. The van der Waals surface area contributed by atoms with E-state index in [1.807, 2.05) is 0 Å². The zero-order valence-electron chi connectivity index (χ0n) is 15.2. The molecule has 26 heavy (non-hydrogen) atoms. The van der Waals surface area contributed by atoms with Crippen molar-refractivity contribution in [3.05, 3.63) is 54.1 Å². The maximum Gasteiger partial charge on any atom is 0.276 e. The van der Waals surface area contributed by atoms with E-state index < -0.39 is 10.0 Å². The van der Waals surface area contributed by atoms with E-state index in [1.165, 1.54) is 18.3 Å². The second-order valence-corrected chi connectivity index (χ2v) is 7.77. The summed E-state index contributed by atoms with van der Waals surface area (Å²) in [5, 5.41) is 3.82. The van der Waals surface area contributed by atoms with E-state index in [4.69, 9.17) is 9.47 Å². The van der Waals surface area contributed by atoms with Gasteiger partial charge >= 0.3 is 0 Å². The number of sulfonamides is 1. The van der Waals surface area contributed by atoms with Gasteiger partial charge in [-0.2, -0.15) is 13.5 Å². The van der Waals surface area contributed by atoms with Crippen LogP contribution in [0.4, 0.5) is 0 Å². The molecule has 0 saturated carbocycles. The van der Waals surface area contributed by atoms with Crippen molar-refractivity contribution in [2.75, 3.05) is 13.7 Å². The number of hydrogen-bond donors (Lipinski definition) is 1. The molecule has 1 N–H and O–H groups in total. The fraction of sp³-hybridized carbons (Fsp3) is 0.316. The Kier molecular flexibility index (Phi) is 7.03. The Balaban J connectivity index is 2.04. The van der Waals surface area contributed by atoms with Crippen molar-refractivity contribution in [2.24, 2.45) is 11.0 Å². The molecule has 0 atom stereocenters. The predicted molar refractivity (Wildman–Crippen MR) is 102 cm³/mol. The highest BCUT2D eigenvalue weighted by Crippen LogP contribution is 2.27. The molecular formula is C19H24N2O4S. The second-order valence-electron chi connectivity index (χ2n) is 6.11. The molecule has 6 nitrogen and oxygen atoms in total. The van der Waals surface area contributed by atoms with Crippen LogP contribution in [0.15, 0.2) is 58.5 Å². The van der Waals surface area contributed by atoms with E-state index in [2.05, 4.69) is 23.8 Å². The third-order valence-electron chi connectivity index (χ3n) is 3.58. The smallest absolute Gasteiger partial charge is 0.276 e. The molecular weight excluding hydrogens is 352 g/mol. The molecule has 0 heterocycles. The fourth-order valence-corrected chi connectivity index (χ4v) is 2.92. The van der Waals surface area contributed by atoms with E-state index in [0.29, 0.717) is 29.6 Å². The van der Waals surface area contributed by atoms with Gasteiger partial charge in [-0.15, -0.1) is 0 Å². The molecule has 0 radical (unpaired) electrons. The molecule has 0 aliphatic rings. The summed E-state index contributed by atoms with van der Waals surface area (Å²) in [7, 11) is -2.12. The largest absolute Gasteiger partial charge is 0.493 e. The SMILES string of the molecule is COc1cc(/C=N/NS(=O)(=O)c2ccccc2)ccc1OCCC(C)C. The topological polar surface area (TPSA) is 77.0 Å². The molecule has 0 aliphatic heterocycles. The lowest BCUT2D eigenvalue weighted by Crippen LogP contribution is -2.18. The molecule has 0 unspecified atom stereocenters. The summed E-state index contributed by atoms with van der Waals surface area (Å²) >= 11 is 0. The van der Waals surface area contributed by atoms with Gasteiger partial charge in [0.2, 0.25) is 0 Å². The standard InChI is InChI=1S/C19H24N2O4S/c1-15(2)11-12-25-18-10-9-16(13-19(18)24-3)14-20-21-26(22,23)17-7-5-4-6-8-17/h4-10,13-15,21H,11-12H2,1-3H3/b20-14+. The molecule has 2 rings (SSSR count). The van der Waals surface area contributed by atoms with Crippen LogP contribution in [0.25, 0.3) is 0 Å². The molecule has 7 heteroatoms. The van der Waals surface area contributed by atoms with Gasteiger partial charge in [0.25, 0.3) is 10.0 Å². The lowest BCUT2D eigenvalue weighted by atomic mass is 10.1. The molecule has 0 aromatic heterocycles. The van der Waals surface area contributed by atoms with Crippen molar-refractivity contribution in [3.8, 4) is 11.5 Å². The Morgan fingerprint density at radius 2 is 1.85 bits per heavy atom. The van der Waals surface area contributed by atoms with Crippen LogP contribution in [0.2, 0.25) is 0 Å². The first-order chi connectivity index (χ1) is 12.4. The van der Waals surface area contributed by atoms with E-state index >= 15 is 0 Å². The van der Waals surface area contributed by atoms with Crippen LogP contribution in [0.3, 0.4) is 0 Å². The van der Waals surface area contributed by atoms with Crippen molar-refractivity contribution in [3.63, 3.8) is 0 Å². The molecule has 0 fully saturated rings. The van der Waals surface area contributed by atoms with Crippen LogP contribution in [0.5, 0.6) is 11.5 Å². The summed E-state index contributed by atoms with van der Waals surface area (Å²) < 4.78 is 35.3. The minimum absolute atomic E-state index is 0.156. The number of hydrogen-bond acceptors (Lipinski definition) is 5. The van der Waals surface area contributed by atoms with Crippen LogP contribution < -0.4 is 14.3 Å². The summed E-state index contributed by atoms with van der Waals surface area (Å²) in [5.41, 5.74) is 0.689. The number of rotatable bonds is 9. The Bertz CT molecular complexity index is 834. The van der Waals surface area contributed by atoms with Crippen molar-refractivity contribution >= 4 is 16.2 Å². The summed E-state index contributed by atoms with van der Waals surface area (Å²) in [6.45, 7) is 4.88. The van der Waals surface area contributed by atoms with Gasteiger partial charge in [-0.1, -0.05) is 32.0 Å². The van der Waals surface area contributed by atoms with Gasteiger partial charge in [-0.05, 0) is 48.2 Å². The zero-order valence-corrected chi connectivity index (χ0v) is 16.0. The Labute approximate surface area is 154 Å². The first kappa shape index (κ1) is 19.8. The quantitative estimate of drug-likeness (QED) is 0.537. The van der Waals surface area contributed by atoms with Gasteiger partial charge in [0, 0.05) is 0 Å². The van der Waals surface area contributed by atoms with Gasteiger partial charge in [0.1, 0.15) is 0 Å². The monoisotopic (exact) mass is 376 g/mol. The van der Waals surface area contributed by atoms with Crippen molar-refractivity contribution in [2.45, 2.75) is 25.2 Å². The van der Waals surface area contributed by atoms with Gasteiger partial charge < -0.3 is 9.47 Å².